The van der Waals surface area contributed by atoms with Gasteiger partial charge in [-0.2, -0.15) is 5.10 Å². The van der Waals surface area contributed by atoms with Crippen molar-refractivity contribution in [1.29, 1.82) is 0 Å². The lowest BCUT2D eigenvalue weighted by Crippen LogP contribution is -2.52. The number of hydrogen-bond acceptors (Lipinski definition) is 6. The maximum Gasteiger partial charge on any atom is 0.251 e. The second-order valence-electron chi connectivity index (χ2n) is 9.40. The van der Waals surface area contributed by atoms with Crippen LogP contribution in [0.15, 0.2) is 61.2 Å². The average molecular weight is 471 g/mol. The molecular formula is C27H30N6O2. The summed E-state index contributed by atoms with van der Waals surface area (Å²) in [6.45, 7) is 6.25. The summed E-state index contributed by atoms with van der Waals surface area (Å²) in [6, 6.07) is 12.4. The molecule has 3 aromatic heterocycles. The number of carbonyl (C=O) groups excluding carboxylic acids is 1. The summed E-state index contributed by atoms with van der Waals surface area (Å²) in [5.74, 6) is 0.616. The number of nitrogens with zero attached hydrogens (tertiary/aromatic N) is 6. The van der Waals surface area contributed by atoms with Gasteiger partial charge < -0.3 is 14.9 Å². The molecule has 4 heterocycles. The smallest absolute Gasteiger partial charge is 0.251 e. The van der Waals surface area contributed by atoms with Gasteiger partial charge in [0.15, 0.2) is 0 Å². The molecule has 1 aliphatic heterocycles. The summed E-state index contributed by atoms with van der Waals surface area (Å²) in [7, 11) is 1.91. The molecule has 1 saturated heterocycles. The molecule has 0 bridgehead atoms. The Morgan fingerprint density at radius 2 is 1.77 bits per heavy atom. The fourth-order valence-corrected chi connectivity index (χ4v) is 4.52. The van der Waals surface area contributed by atoms with Crippen LogP contribution in [0.1, 0.15) is 13.8 Å². The maximum atomic E-state index is 12.5. The molecule has 1 atom stereocenters. The summed E-state index contributed by atoms with van der Waals surface area (Å²) in [4.78, 5) is 25.7. The second kappa shape index (κ2) is 9.46. The van der Waals surface area contributed by atoms with Crippen molar-refractivity contribution < 1.29 is 9.90 Å². The summed E-state index contributed by atoms with van der Waals surface area (Å²) in [5, 5.41) is 15.5. The van der Waals surface area contributed by atoms with E-state index in [1.165, 1.54) is 0 Å². The molecule has 0 aliphatic carbocycles. The number of aromatic nitrogens is 4. The van der Waals surface area contributed by atoms with Crippen molar-refractivity contribution >= 4 is 22.6 Å². The molecule has 8 heteroatoms. The minimum atomic E-state index is -0.939. The Labute approximate surface area is 204 Å². The highest BCUT2D eigenvalue weighted by Gasteiger charge is 2.28. The van der Waals surface area contributed by atoms with Crippen LogP contribution in [0.4, 0.5) is 5.82 Å². The van der Waals surface area contributed by atoms with Gasteiger partial charge in [0.1, 0.15) is 11.9 Å². The Morgan fingerprint density at radius 1 is 0.971 bits per heavy atom. The van der Waals surface area contributed by atoms with E-state index in [4.69, 9.17) is 4.98 Å². The Bertz CT molecular complexity index is 1340. The van der Waals surface area contributed by atoms with Crippen LogP contribution in [0.5, 0.6) is 0 Å². The quantitative estimate of drug-likeness (QED) is 0.481. The molecule has 0 unspecified atom stereocenters. The molecular weight excluding hydrogens is 440 g/mol. The molecule has 1 fully saturated rings. The third kappa shape index (κ3) is 4.61. The van der Waals surface area contributed by atoms with E-state index in [0.29, 0.717) is 26.2 Å². The fraction of sp³-hybridized carbons (Fsp3) is 0.333. The third-order valence-electron chi connectivity index (χ3n) is 6.62. The monoisotopic (exact) mass is 470 g/mol. The van der Waals surface area contributed by atoms with Gasteiger partial charge in [0.2, 0.25) is 0 Å². The van der Waals surface area contributed by atoms with Crippen molar-refractivity contribution in [2.45, 2.75) is 20.0 Å². The number of anilines is 1. The van der Waals surface area contributed by atoms with Crippen LogP contribution < -0.4 is 4.90 Å². The number of aliphatic hydroxyl groups is 1. The molecule has 5 rings (SSSR count). The first-order chi connectivity index (χ1) is 16.9. The summed E-state index contributed by atoms with van der Waals surface area (Å²) >= 11 is 0. The Kier molecular flexibility index (Phi) is 6.21. The molecule has 8 nitrogen and oxygen atoms in total. The van der Waals surface area contributed by atoms with Gasteiger partial charge in [-0.05, 0) is 47.4 Å². The van der Waals surface area contributed by atoms with Gasteiger partial charge in [0.05, 0.1) is 11.7 Å². The van der Waals surface area contributed by atoms with Crippen LogP contribution in [-0.2, 0) is 11.8 Å². The number of pyridine rings is 2. The first kappa shape index (κ1) is 23.0. The van der Waals surface area contributed by atoms with E-state index in [-0.39, 0.29) is 11.8 Å². The molecule has 180 valence electrons. The lowest BCUT2D eigenvalue weighted by atomic mass is 9.97. The standard InChI is InChI=1S/C27H30N6O2/c1-18(2)26(34)27(35)33-11-9-32(10-12-33)25-7-6-19(15-29-25)23-13-20(21-16-30-31(3)17-21)14-24-22(23)5-4-8-28-24/h4-8,13-18,26,34H,9-12H2,1-3H3/t26-/m1/s1. The van der Waals surface area contributed by atoms with Crippen molar-refractivity contribution in [2.75, 3.05) is 31.1 Å². The molecule has 35 heavy (non-hydrogen) atoms. The first-order valence-corrected chi connectivity index (χ1v) is 12.0. The number of piperazine rings is 1. The van der Waals surface area contributed by atoms with Crippen molar-refractivity contribution in [1.82, 2.24) is 24.6 Å². The largest absolute Gasteiger partial charge is 0.383 e. The first-order valence-electron chi connectivity index (χ1n) is 12.0. The summed E-state index contributed by atoms with van der Waals surface area (Å²) in [6.07, 6.45) is 6.64. The number of amides is 1. The Hall–Kier alpha value is -3.78. The van der Waals surface area contributed by atoms with Gasteiger partial charge >= 0.3 is 0 Å². The van der Waals surface area contributed by atoms with Crippen LogP contribution in [0.25, 0.3) is 33.2 Å². The molecule has 1 N–H and O–H groups in total. The van der Waals surface area contributed by atoms with E-state index in [2.05, 4.69) is 39.2 Å². The predicted molar refractivity (Wildman–Crippen MR) is 137 cm³/mol. The highest BCUT2D eigenvalue weighted by Crippen LogP contribution is 2.33. The zero-order chi connectivity index (χ0) is 24.5. The van der Waals surface area contributed by atoms with Crippen LogP contribution in [0.3, 0.4) is 0 Å². The number of carbonyl (C=O) groups is 1. The van der Waals surface area contributed by atoms with Crippen LogP contribution in [0.2, 0.25) is 0 Å². The van der Waals surface area contributed by atoms with Crippen molar-refractivity contribution in [3.63, 3.8) is 0 Å². The van der Waals surface area contributed by atoms with Gasteiger partial charge in [-0.25, -0.2) is 4.98 Å². The molecule has 1 aliphatic rings. The summed E-state index contributed by atoms with van der Waals surface area (Å²) in [5.41, 5.74) is 5.13. The minimum absolute atomic E-state index is 0.0855. The molecule has 0 saturated carbocycles. The van der Waals surface area contributed by atoms with Crippen LogP contribution in [-0.4, -0.2) is 67.9 Å². The van der Waals surface area contributed by atoms with Crippen LogP contribution >= 0.6 is 0 Å². The number of hydrogen-bond donors (Lipinski definition) is 1. The number of aliphatic hydroxyl groups excluding tert-OH is 1. The SMILES string of the molecule is CC(C)[C@@H](O)C(=O)N1CCN(c2ccc(-c3cc(-c4cnn(C)c4)cc4ncccc34)cn2)CC1. The van der Waals surface area contributed by atoms with Crippen molar-refractivity contribution in [3.05, 3.63) is 61.2 Å². The fourth-order valence-electron chi connectivity index (χ4n) is 4.52. The maximum absolute atomic E-state index is 12.5. The van der Waals surface area contributed by atoms with Gasteiger partial charge in [-0.3, -0.25) is 14.5 Å². The van der Waals surface area contributed by atoms with Gasteiger partial charge in [0.25, 0.3) is 5.91 Å². The third-order valence-corrected chi connectivity index (χ3v) is 6.62. The minimum Gasteiger partial charge on any atom is -0.383 e. The van der Waals surface area contributed by atoms with Crippen molar-refractivity contribution in [2.24, 2.45) is 13.0 Å². The number of rotatable bonds is 5. The van der Waals surface area contributed by atoms with E-state index >= 15 is 0 Å². The van der Waals surface area contributed by atoms with E-state index in [9.17, 15) is 9.90 Å². The molecule has 0 spiro atoms. The Morgan fingerprint density at radius 3 is 2.43 bits per heavy atom. The molecule has 1 amide bonds. The normalized spacial score (nSPS) is 15.1. The highest BCUT2D eigenvalue weighted by atomic mass is 16.3. The van der Waals surface area contributed by atoms with Gasteiger partial charge in [0, 0.05) is 68.3 Å². The van der Waals surface area contributed by atoms with Crippen LogP contribution in [0, 0.1) is 5.92 Å². The number of aryl methyl sites for hydroxylation is 1. The number of benzene rings is 1. The Balaban J connectivity index is 1.38. The van der Waals surface area contributed by atoms with Gasteiger partial charge in [-0.15, -0.1) is 0 Å². The second-order valence-corrected chi connectivity index (χ2v) is 9.40. The predicted octanol–water partition coefficient (Wildman–Crippen LogP) is 3.36. The van der Waals surface area contributed by atoms with Crippen molar-refractivity contribution in [3.8, 4) is 22.3 Å². The average Bonchev–Trinajstić information content (AvgIpc) is 3.33. The van der Waals surface area contributed by atoms with E-state index in [1.807, 2.05) is 57.8 Å². The molecule has 4 aromatic rings. The zero-order valence-electron chi connectivity index (χ0n) is 20.3. The van der Waals surface area contributed by atoms with E-state index < -0.39 is 6.10 Å². The summed E-state index contributed by atoms with van der Waals surface area (Å²) < 4.78 is 1.80. The van der Waals surface area contributed by atoms with Gasteiger partial charge in [-0.1, -0.05) is 19.9 Å². The molecule has 1 aromatic carbocycles. The lowest BCUT2D eigenvalue weighted by Gasteiger charge is -2.36. The lowest BCUT2D eigenvalue weighted by molar-refractivity contribution is -0.142. The zero-order valence-corrected chi connectivity index (χ0v) is 20.3. The molecule has 0 radical (unpaired) electrons. The van der Waals surface area contributed by atoms with E-state index in [1.54, 1.807) is 9.58 Å². The topological polar surface area (TPSA) is 87.4 Å². The number of fused-ring (bicyclic) bond motifs is 1. The van der Waals surface area contributed by atoms with E-state index in [0.717, 1.165) is 39.0 Å². The highest BCUT2D eigenvalue weighted by molar-refractivity contribution is 5.98.